The highest BCUT2D eigenvalue weighted by atomic mass is 16.3. The number of carbonyl (C=O) groups excluding carboxylic acids is 1. The summed E-state index contributed by atoms with van der Waals surface area (Å²) in [6, 6.07) is 9.79. The van der Waals surface area contributed by atoms with Gasteiger partial charge in [0.25, 0.3) is 0 Å². The molecule has 1 rings (SSSR count). The van der Waals surface area contributed by atoms with Crippen LogP contribution in [-0.4, -0.2) is 29.6 Å². The zero-order valence-corrected chi connectivity index (χ0v) is 9.89. The molecule has 0 spiro atoms. The zero-order chi connectivity index (χ0) is 12.0. The first-order valence-electron chi connectivity index (χ1n) is 5.62. The molecule has 1 amide bonds. The van der Waals surface area contributed by atoms with Crippen LogP contribution in [0, 0.1) is 0 Å². The summed E-state index contributed by atoms with van der Waals surface area (Å²) in [6.07, 6.45) is 1.07. The fourth-order valence-corrected chi connectivity index (χ4v) is 1.80. The summed E-state index contributed by atoms with van der Waals surface area (Å²) in [7, 11) is 1.79. The van der Waals surface area contributed by atoms with Crippen molar-refractivity contribution < 1.29 is 9.90 Å². The van der Waals surface area contributed by atoms with Gasteiger partial charge >= 0.3 is 0 Å². The third-order valence-corrected chi connectivity index (χ3v) is 2.75. The van der Waals surface area contributed by atoms with E-state index in [2.05, 4.69) is 0 Å². The van der Waals surface area contributed by atoms with E-state index in [1.807, 2.05) is 37.3 Å². The minimum absolute atomic E-state index is 0.0290. The summed E-state index contributed by atoms with van der Waals surface area (Å²) in [4.78, 5) is 13.4. The highest BCUT2D eigenvalue weighted by molar-refractivity contribution is 5.76. The SMILES string of the molecule is CCC(=O)N(C)C(CCO)c1ccccc1. The average molecular weight is 221 g/mol. The minimum Gasteiger partial charge on any atom is -0.396 e. The van der Waals surface area contributed by atoms with Gasteiger partial charge in [0.15, 0.2) is 0 Å². The van der Waals surface area contributed by atoms with Gasteiger partial charge in [0, 0.05) is 20.1 Å². The van der Waals surface area contributed by atoms with E-state index >= 15 is 0 Å². The maximum absolute atomic E-state index is 11.6. The highest BCUT2D eigenvalue weighted by Crippen LogP contribution is 2.23. The van der Waals surface area contributed by atoms with Crippen LogP contribution in [0.4, 0.5) is 0 Å². The van der Waals surface area contributed by atoms with Gasteiger partial charge in [-0.05, 0) is 12.0 Å². The predicted molar refractivity (Wildman–Crippen MR) is 63.9 cm³/mol. The van der Waals surface area contributed by atoms with Crippen LogP contribution in [-0.2, 0) is 4.79 Å². The topological polar surface area (TPSA) is 40.5 Å². The van der Waals surface area contributed by atoms with Crippen LogP contribution in [0.3, 0.4) is 0 Å². The molecule has 0 saturated carbocycles. The third kappa shape index (κ3) is 3.07. The van der Waals surface area contributed by atoms with Gasteiger partial charge in [-0.1, -0.05) is 37.3 Å². The molecule has 3 heteroatoms. The number of hydrogen-bond acceptors (Lipinski definition) is 2. The van der Waals surface area contributed by atoms with Crippen molar-refractivity contribution in [2.24, 2.45) is 0 Å². The molecule has 0 aliphatic carbocycles. The zero-order valence-electron chi connectivity index (χ0n) is 9.89. The normalized spacial score (nSPS) is 12.2. The number of amides is 1. The molecule has 0 aromatic heterocycles. The Morgan fingerprint density at radius 3 is 2.50 bits per heavy atom. The largest absolute Gasteiger partial charge is 0.396 e. The average Bonchev–Trinajstić information content (AvgIpc) is 2.35. The highest BCUT2D eigenvalue weighted by Gasteiger charge is 2.19. The van der Waals surface area contributed by atoms with Crippen molar-refractivity contribution in [1.29, 1.82) is 0 Å². The van der Waals surface area contributed by atoms with Gasteiger partial charge in [-0.15, -0.1) is 0 Å². The van der Waals surface area contributed by atoms with Gasteiger partial charge < -0.3 is 10.0 Å². The number of hydrogen-bond donors (Lipinski definition) is 1. The lowest BCUT2D eigenvalue weighted by atomic mass is 10.0. The molecule has 0 saturated heterocycles. The van der Waals surface area contributed by atoms with E-state index < -0.39 is 0 Å². The molecule has 0 radical (unpaired) electrons. The molecule has 0 aliphatic heterocycles. The molecule has 1 aromatic carbocycles. The van der Waals surface area contributed by atoms with Crippen LogP contribution in [0.5, 0.6) is 0 Å². The second-order valence-electron chi connectivity index (χ2n) is 3.80. The minimum atomic E-state index is -0.0290. The van der Waals surface area contributed by atoms with E-state index in [-0.39, 0.29) is 18.6 Å². The van der Waals surface area contributed by atoms with Crippen LogP contribution in [0.1, 0.15) is 31.4 Å². The van der Waals surface area contributed by atoms with Crippen LogP contribution < -0.4 is 0 Å². The Balaban J connectivity index is 2.86. The van der Waals surface area contributed by atoms with Crippen molar-refractivity contribution in [3.63, 3.8) is 0 Å². The summed E-state index contributed by atoms with van der Waals surface area (Å²) in [5.74, 6) is 0.0994. The first kappa shape index (κ1) is 12.7. The molecule has 1 N–H and O–H groups in total. The predicted octanol–water partition coefficient (Wildman–Crippen LogP) is 1.98. The van der Waals surface area contributed by atoms with Crippen LogP contribution in [0.15, 0.2) is 30.3 Å². The number of nitrogens with zero attached hydrogens (tertiary/aromatic N) is 1. The molecule has 0 aliphatic rings. The van der Waals surface area contributed by atoms with Crippen molar-refractivity contribution in [2.45, 2.75) is 25.8 Å². The monoisotopic (exact) mass is 221 g/mol. The number of aliphatic hydroxyl groups excluding tert-OH is 1. The fraction of sp³-hybridized carbons (Fsp3) is 0.462. The second kappa shape index (κ2) is 6.28. The lowest BCUT2D eigenvalue weighted by Gasteiger charge is -2.28. The van der Waals surface area contributed by atoms with E-state index in [0.29, 0.717) is 12.8 Å². The van der Waals surface area contributed by atoms with Gasteiger partial charge in [0.05, 0.1) is 6.04 Å². The fourth-order valence-electron chi connectivity index (χ4n) is 1.80. The second-order valence-corrected chi connectivity index (χ2v) is 3.80. The molecule has 0 fully saturated rings. The number of benzene rings is 1. The lowest BCUT2D eigenvalue weighted by Crippen LogP contribution is -2.31. The third-order valence-electron chi connectivity index (χ3n) is 2.75. The van der Waals surface area contributed by atoms with E-state index in [9.17, 15) is 4.79 Å². The van der Waals surface area contributed by atoms with Crippen LogP contribution in [0.2, 0.25) is 0 Å². The Labute approximate surface area is 96.7 Å². The van der Waals surface area contributed by atoms with Gasteiger partial charge in [0.2, 0.25) is 5.91 Å². The Kier molecular flexibility index (Phi) is 4.99. The Bertz CT molecular complexity index is 324. The first-order valence-corrected chi connectivity index (χ1v) is 5.62. The summed E-state index contributed by atoms with van der Waals surface area (Å²) >= 11 is 0. The maximum atomic E-state index is 11.6. The van der Waals surface area contributed by atoms with Crippen molar-refractivity contribution >= 4 is 5.91 Å². The van der Waals surface area contributed by atoms with Gasteiger partial charge in [-0.3, -0.25) is 4.79 Å². The standard InChI is InChI=1S/C13H19NO2/c1-3-13(16)14(2)12(9-10-15)11-7-5-4-6-8-11/h4-8,12,15H,3,9-10H2,1-2H3. The van der Waals surface area contributed by atoms with Crippen molar-refractivity contribution in [1.82, 2.24) is 4.90 Å². The number of aliphatic hydroxyl groups is 1. The van der Waals surface area contributed by atoms with Crippen molar-refractivity contribution in [2.75, 3.05) is 13.7 Å². The van der Waals surface area contributed by atoms with E-state index in [0.717, 1.165) is 5.56 Å². The summed E-state index contributed by atoms with van der Waals surface area (Å²) in [5, 5.41) is 9.06. The molecule has 1 atom stereocenters. The molecule has 88 valence electrons. The Morgan fingerprint density at radius 1 is 1.38 bits per heavy atom. The molecule has 1 unspecified atom stereocenters. The molecule has 3 nitrogen and oxygen atoms in total. The van der Waals surface area contributed by atoms with Crippen LogP contribution in [0.25, 0.3) is 0 Å². The Morgan fingerprint density at radius 2 is 2.00 bits per heavy atom. The van der Waals surface area contributed by atoms with E-state index in [1.54, 1.807) is 11.9 Å². The molecule has 0 bridgehead atoms. The van der Waals surface area contributed by atoms with E-state index in [4.69, 9.17) is 5.11 Å². The molecule has 1 aromatic rings. The summed E-state index contributed by atoms with van der Waals surface area (Å²) < 4.78 is 0. The quantitative estimate of drug-likeness (QED) is 0.826. The molecular weight excluding hydrogens is 202 g/mol. The molecular formula is C13H19NO2. The molecule has 0 heterocycles. The van der Waals surface area contributed by atoms with Crippen molar-refractivity contribution in [3.8, 4) is 0 Å². The Hall–Kier alpha value is -1.35. The van der Waals surface area contributed by atoms with E-state index in [1.165, 1.54) is 0 Å². The van der Waals surface area contributed by atoms with Crippen LogP contribution >= 0.6 is 0 Å². The molecule has 16 heavy (non-hydrogen) atoms. The summed E-state index contributed by atoms with van der Waals surface area (Å²) in [5.41, 5.74) is 1.07. The maximum Gasteiger partial charge on any atom is 0.222 e. The van der Waals surface area contributed by atoms with Gasteiger partial charge in [-0.25, -0.2) is 0 Å². The van der Waals surface area contributed by atoms with Crippen molar-refractivity contribution in [3.05, 3.63) is 35.9 Å². The van der Waals surface area contributed by atoms with Gasteiger partial charge in [0.1, 0.15) is 0 Å². The lowest BCUT2D eigenvalue weighted by molar-refractivity contribution is -0.132. The number of rotatable bonds is 5. The number of carbonyl (C=O) groups is 1. The van der Waals surface area contributed by atoms with Gasteiger partial charge in [-0.2, -0.15) is 0 Å². The smallest absolute Gasteiger partial charge is 0.222 e. The first-order chi connectivity index (χ1) is 7.70. The summed E-state index contributed by atoms with van der Waals surface area (Å²) in [6.45, 7) is 1.93.